The maximum atomic E-state index is 11.3. The molecule has 0 heterocycles. The van der Waals surface area contributed by atoms with Gasteiger partial charge in [-0.05, 0) is 5.56 Å². The van der Waals surface area contributed by atoms with Gasteiger partial charge in [-0.15, -0.1) is 0 Å². The van der Waals surface area contributed by atoms with E-state index in [4.69, 9.17) is 5.73 Å². The summed E-state index contributed by atoms with van der Waals surface area (Å²) in [6.45, 7) is 6.80. The fourth-order valence-corrected chi connectivity index (χ4v) is 2.66. The summed E-state index contributed by atoms with van der Waals surface area (Å²) in [5.41, 5.74) is 5.74. The molecule has 0 aliphatic carbocycles. The zero-order chi connectivity index (χ0) is 13.1. The van der Waals surface area contributed by atoms with Gasteiger partial charge in [0.05, 0.1) is 14.5 Å². The van der Waals surface area contributed by atoms with Crippen LogP contribution in [0.2, 0.25) is 19.6 Å². The van der Waals surface area contributed by atoms with E-state index in [0.29, 0.717) is 0 Å². The Hall–Kier alpha value is -1.62. The molecule has 17 heavy (non-hydrogen) atoms. The van der Waals surface area contributed by atoms with Gasteiger partial charge in [0.15, 0.2) is 0 Å². The van der Waals surface area contributed by atoms with E-state index in [9.17, 15) is 9.59 Å². The number of nitrogens with two attached hydrogens (primary N) is 1. The maximum absolute atomic E-state index is 11.3. The van der Waals surface area contributed by atoms with Crippen LogP contribution in [-0.4, -0.2) is 20.0 Å². The standard InChI is InChI=1S/C12H18N2O2Si/c1-17(2,3)10-6-4-9(5-7-10)8-11(15)14-12(13)16/h4-7H,8H2,1-3H3,(H3,13,14,15,16). The number of rotatable bonds is 3. The number of urea groups is 1. The van der Waals surface area contributed by atoms with Crippen molar-refractivity contribution in [1.82, 2.24) is 5.32 Å². The minimum Gasteiger partial charge on any atom is -0.351 e. The zero-order valence-electron chi connectivity index (χ0n) is 10.4. The fourth-order valence-electron chi connectivity index (χ4n) is 1.49. The van der Waals surface area contributed by atoms with Gasteiger partial charge in [-0.2, -0.15) is 0 Å². The summed E-state index contributed by atoms with van der Waals surface area (Å²) in [6.07, 6.45) is 0.176. The number of primary amides is 1. The fraction of sp³-hybridized carbons (Fsp3) is 0.333. The van der Waals surface area contributed by atoms with E-state index in [2.05, 4.69) is 31.8 Å². The molecular formula is C12H18N2O2Si. The van der Waals surface area contributed by atoms with E-state index in [-0.39, 0.29) is 12.3 Å². The molecule has 3 amide bonds. The number of amides is 3. The molecule has 0 spiro atoms. The van der Waals surface area contributed by atoms with Crippen molar-refractivity contribution in [3.63, 3.8) is 0 Å². The summed E-state index contributed by atoms with van der Waals surface area (Å²) in [5, 5.41) is 3.39. The van der Waals surface area contributed by atoms with Crippen LogP contribution in [0.4, 0.5) is 4.79 Å². The van der Waals surface area contributed by atoms with Gasteiger partial charge in [-0.25, -0.2) is 4.79 Å². The van der Waals surface area contributed by atoms with Crippen LogP contribution in [-0.2, 0) is 11.2 Å². The third-order valence-corrected chi connectivity index (χ3v) is 4.51. The predicted octanol–water partition coefficient (Wildman–Crippen LogP) is 0.969. The molecule has 0 fully saturated rings. The first-order chi connectivity index (χ1) is 7.79. The zero-order valence-corrected chi connectivity index (χ0v) is 11.4. The maximum Gasteiger partial charge on any atom is 0.318 e. The summed E-state index contributed by atoms with van der Waals surface area (Å²) < 4.78 is 0. The molecule has 0 saturated heterocycles. The SMILES string of the molecule is C[Si](C)(C)c1ccc(CC(=O)NC(N)=O)cc1. The molecule has 0 bridgehead atoms. The molecular weight excluding hydrogens is 232 g/mol. The number of imide groups is 1. The van der Waals surface area contributed by atoms with Gasteiger partial charge in [0.25, 0.3) is 0 Å². The van der Waals surface area contributed by atoms with Crippen LogP contribution in [0, 0.1) is 0 Å². The van der Waals surface area contributed by atoms with Crippen molar-refractivity contribution in [3.05, 3.63) is 29.8 Å². The summed E-state index contributed by atoms with van der Waals surface area (Å²) in [6, 6.07) is 7.15. The van der Waals surface area contributed by atoms with Gasteiger partial charge >= 0.3 is 6.03 Å². The molecule has 0 aromatic heterocycles. The van der Waals surface area contributed by atoms with Crippen molar-refractivity contribution in [1.29, 1.82) is 0 Å². The van der Waals surface area contributed by atoms with Gasteiger partial charge in [0.1, 0.15) is 0 Å². The minimum atomic E-state index is -1.30. The Kier molecular flexibility index (Phi) is 4.06. The Morgan fingerprint density at radius 2 is 1.71 bits per heavy atom. The van der Waals surface area contributed by atoms with Crippen LogP contribution in [0.5, 0.6) is 0 Å². The van der Waals surface area contributed by atoms with Crippen molar-refractivity contribution in [2.45, 2.75) is 26.1 Å². The summed E-state index contributed by atoms with van der Waals surface area (Å²) in [4.78, 5) is 21.8. The van der Waals surface area contributed by atoms with Crippen molar-refractivity contribution < 1.29 is 9.59 Å². The first-order valence-corrected chi connectivity index (χ1v) is 8.98. The van der Waals surface area contributed by atoms with E-state index in [0.717, 1.165) is 5.56 Å². The molecule has 1 aromatic carbocycles. The molecule has 0 radical (unpaired) electrons. The van der Waals surface area contributed by atoms with Crippen molar-refractivity contribution in [2.24, 2.45) is 5.73 Å². The lowest BCUT2D eigenvalue weighted by atomic mass is 10.1. The van der Waals surface area contributed by atoms with Crippen LogP contribution >= 0.6 is 0 Å². The second-order valence-corrected chi connectivity index (χ2v) is 10.1. The van der Waals surface area contributed by atoms with Crippen molar-refractivity contribution in [3.8, 4) is 0 Å². The number of carbonyl (C=O) groups excluding carboxylic acids is 2. The van der Waals surface area contributed by atoms with Gasteiger partial charge in [-0.1, -0.05) is 49.1 Å². The number of hydrogen-bond acceptors (Lipinski definition) is 2. The van der Waals surface area contributed by atoms with E-state index in [1.54, 1.807) is 0 Å². The smallest absolute Gasteiger partial charge is 0.318 e. The molecule has 92 valence electrons. The number of carbonyl (C=O) groups is 2. The van der Waals surface area contributed by atoms with Crippen LogP contribution in [0.15, 0.2) is 24.3 Å². The average molecular weight is 250 g/mol. The first kappa shape index (κ1) is 13.4. The summed E-state index contributed by atoms with van der Waals surface area (Å²) in [7, 11) is -1.30. The van der Waals surface area contributed by atoms with E-state index in [1.807, 2.05) is 17.4 Å². The monoisotopic (exact) mass is 250 g/mol. The molecule has 4 nitrogen and oxygen atoms in total. The first-order valence-electron chi connectivity index (χ1n) is 5.48. The van der Waals surface area contributed by atoms with Gasteiger partial charge < -0.3 is 5.73 Å². The van der Waals surface area contributed by atoms with E-state index >= 15 is 0 Å². The molecule has 3 N–H and O–H groups in total. The molecule has 0 aliphatic heterocycles. The van der Waals surface area contributed by atoms with Crippen LogP contribution in [0.3, 0.4) is 0 Å². The largest absolute Gasteiger partial charge is 0.351 e. The highest BCUT2D eigenvalue weighted by molar-refractivity contribution is 6.88. The summed E-state index contributed by atoms with van der Waals surface area (Å²) >= 11 is 0. The molecule has 1 aromatic rings. The highest BCUT2D eigenvalue weighted by atomic mass is 28.3. The molecule has 5 heteroatoms. The third-order valence-electron chi connectivity index (χ3n) is 2.45. The molecule has 0 unspecified atom stereocenters. The molecule has 0 atom stereocenters. The normalized spacial score (nSPS) is 11.0. The third kappa shape index (κ3) is 4.40. The van der Waals surface area contributed by atoms with Crippen LogP contribution < -0.4 is 16.2 Å². The minimum absolute atomic E-state index is 0.176. The highest BCUT2D eigenvalue weighted by Gasteiger charge is 2.15. The average Bonchev–Trinajstić information content (AvgIpc) is 2.15. The second kappa shape index (κ2) is 5.14. The molecule has 0 aliphatic rings. The Labute approximate surface area is 102 Å². The lowest BCUT2D eigenvalue weighted by molar-refractivity contribution is -0.119. The Morgan fingerprint density at radius 3 is 2.12 bits per heavy atom. The van der Waals surface area contributed by atoms with Gasteiger partial charge in [0.2, 0.25) is 5.91 Å². The molecule has 0 saturated carbocycles. The Morgan fingerprint density at radius 1 is 1.18 bits per heavy atom. The lowest BCUT2D eigenvalue weighted by Gasteiger charge is -2.16. The van der Waals surface area contributed by atoms with Gasteiger partial charge in [0, 0.05) is 0 Å². The Bertz CT molecular complexity index is 421. The van der Waals surface area contributed by atoms with Crippen LogP contribution in [0.1, 0.15) is 5.56 Å². The number of nitrogens with one attached hydrogen (secondary N) is 1. The number of benzene rings is 1. The topological polar surface area (TPSA) is 72.2 Å². The van der Waals surface area contributed by atoms with Crippen molar-refractivity contribution in [2.75, 3.05) is 0 Å². The van der Waals surface area contributed by atoms with Gasteiger partial charge in [-0.3, -0.25) is 10.1 Å². The molecule has 1 rings (SSSR count). The Balaban J connectivity index is 2.69. The summed E-state index contributed by atoms with van der Waals surface area (Å²) in [5.74, 6) is -0.377. The van der Waals surface area contributed by atoms with Crippen molar-refractivity contribution >= 4 is 25.2 Å². The van der Waals surface area contributed by atoms with E-state index in [1.165, 1.54) is 5.19 Å². The highest BCUT2D eigenvalue weighted by Crippen LogP contribution is 2.05. The lowest BCUT2D eigenvalue weighted by Crippen LogP contribution is -2.38. The van der Waals surface area contributed by atoms with Crippen LogP contribution in [0.25, 0.3) is 0 Å². The quantitative estimate of drug-likeness (QED) is 0.785. The predicted molar refractivity (Wildman–Crippen MR) is 70.9 cm³/mol. The number of hydrogen-bond donors (Lipinski definition) is 2. The van der Waals surface area contributed by atoms with E-state index < -0.39 is 14.1 Å². The second-order valence-electron chi connectivity index (χ2n) is 5.04.